The highest BCUT2D eigenvalue weighted by atomic mass is 16.5. The molecule has 0 amide bonds. The number of rotatable bonds is 7. The molecule has 3 aromatic rings. The Morgan fingerprint density at radius 2 is 2.00 bits per heavy atom. The fourth-order valence-electron chi connectivity index (χ4n) is 2.50. The van der Waals surface area contributed by atoms with E-state index in [4.69, 9.17) is 4.74 Å². The standard InChI is InChI=1S/C17H21N5O/c1-3-4-14-11-16(22-17(21-14)19-12-20-22)18-10-9-13-5-7-15(23-2)8-6-13/h5-8,11-12,18H,3-4,9-10H2,1-2H3. The van der Waals surface area contributed by atoms with Gasteiger partial charge < -0.3 is 10.1 Å². The largest absolute Gasteiger partial charge is 0.497 e. The van der Waals surface area contributed by atoms with Gasteiger partial charge in [-0.25, -0.2) is 4.98 Å². The van der Waals surface area contributed by atoms with E-state index in [1.165, 1.54) is 11.9 Å². The number of methoxy groups -OCH3 is 1. The Hall–Kier alpha value is -2.63. The molecule has 1 aromatic carbocycles. The lowest BCUT2D eigenvalue weighted by molar-refractivity contribution is 0.414. The monoisotopic (exact) mass is 311 g/mol. The molecular weight excluding hydrogens is 290 g/mol. The zero-order valence-electron chi connectivity index (χ0n) is 13.5. The van der Waals surface area contributed by atoms with E-state index in [-0.39, 0.29) is 0 Å². The number of anilines is 1. The second-order valence-electron chi connectivity index (χ2n) is 5.38. The summed E-state index contributed by atoms with van der Waals surface area (Å²) >= 11 is 0. The summed E-state index contributed by atoms with van der Waals surface area (Å²) < 4.78 is 6.92. The summed E-state index contributed by atoms with van der Waals surface area (Å²) in [4.78, 5) is 8.70. The summed E-state index contributed by atoms with van der Waals surface area (Å²) in [7, 11) is 1.68. The number of nitrogens with zero attached hydrogens (tertiary/aromatic N) is 4. The zero-order chi connectivity index (χ0) is 16.1. The number of nitrogens with one attached hydrogen (secondary N) is 1. The number of ether oxygens (including phenoxy) is 1. The quantitative estimate of drug-likeness (QED) is 0.727. The molecule has 0 spiro atoms. The van der Waals surface area contributed by atoms with Crippen LogP contribution in [0.4, 0.5) is 5.82 Å². The number of aromatic nitrogens is 4. The number of fused-ring (bicyclic) bond motifs is 1. The average molecular weight is 311 g/mol. The number of benzene rings is 1. The normalized spacial score (nSPS) is 10.9. The maximum atomic E-state index is 5.18. The van der Waals surface area contributed by atoms with Crippen LogP contribution in [0.2, 0.25) is 0 Å². The van der Waals surface area contributed by atoms with Gasteiger partial charge in [-0.3, -0.25) is 0 Å². The maximum Gasteiger partial charge on any atom is 0.254 e. The highest BCUT2D eigenvalue weighted by molar-refractivity contribution is 5.45. The van der Waals surface area contributed by atoms with Crippen LogP contribution >= 0.6 is 0 Å². The molecule has 0 saturated carbocycles. The van der Waals surface area contributed by atoms with Crippen LogP contribution in [-0.4, -0.2) is 33.2 Å². The second-order valence-corrected chi connectivity index (χ2v) is 5.38. The van der Waals surface area contributed by atoms with E-state index in [1.807, 2.05) is 12.1 Å². The fraction of sp³-hybridized carbons (Fsp3) is 0.353. The Morgan fingerprint density at radius 1 is 1.17 bits per heavy atom. The molecule has 0 aliphatic carbocycles. The summed E-state index contributed by atoms with van der Waals surface area (Å²) in [5.41, 5.74) is 2.30. The number of aryl methyl sites for hydroxylation is 1. The third kappa shape index (κ3) is 3.59. The van der Waals surface area contributed by atoms with E-state index in [9.17, 15) is 0 Å². The van der Waals surface area contributed by atoms with Gasteiger partial charge in [0, 0.05) is 18.3 Å². The van der Waals surface area contributed by atoms with E-state index in [0.717, 1.165) is 43.1 Å². The van der Waals surface area contributed by atoms with Crippen molar-refractivity contribution in [3.63, 3.8) is 0 Å². The van der Waals surface area contributed by atoms with Crippen molar-refractivity contribution in [3.8, 4) is 5.75 Å². The van der Waals surface area contributed by atoms with Gasteiger partial charge in [0.2, 0.25) is 0 Å². The summed E-state index contributed by atoms with van der Waals surface area (Å²) in [6.45, 7) is 2.96. The van der Waals surface area contributed by atoms with Gasteiger partial charge in [0.1, 0.15) is 17.9 Å². The zero-order valence-corrected chi connectivity index (χ0v) is 13.5. The van der Waals surface area contributed by atoms with Gasteiger partial charge in [0.25, 0.3) is 5.78 Å². The summed E-state index contributed by atoms with van der Waals surface area (Å²) in [5, 5.41) is 7.67. The van der Waals surface area contributed by atoms with Crippen LogP contribution in [0.15, 0.2) is 36.7 Å². The molecule has 1 N–H and O–H groups in total. The molecular formula is C17H21N5O. The Morgan fingerprint density at radius 3 is 2.74 bits per heavy atom. The van der Waals surface area contributed by atoms with Gasteiger partial charge in [0.05, 0.1) is 7.11 Å². The van der Waals surface area contributed by atoms with Crippen molar-refractivity contribution in [2.75, 3.05) is 19.0 Å². The molecule has 0 aliphatic heterocycles. The Kier molecular flexibility index (Phi) is 4.71. The van der Waals surface area contributed by atoms with Crippen molar-refractivity contribution in [2.45, 2.75) is 26.2 Å². The van der Waals surface area contributed by atoms with E-state index >= 15 is 0 Å². The van der Waals surface area contributed by atoms with Crippen LogP contribution in [0.5, 0.6) is 5.75 Å². The molecule has 6 nitrogen and oxygen atoms in total. The van der Waals surface area contributed by atoms with Crippen LogP contribution in [0, 0.1) is 0 Å². The minimum Gasteiger partial charge on any atom is -0.497 e. The smallest absolute Gasteiger partial charge is 0.254 e. The minimum atomic E-state index is 0.642. The summed E-state index contributed by atoms with van der Waals surface area (Å²) in [6.07, 6.45) is 4.46. The van der Waals surface area contributed by atoms with Gasteiger partial charge in [-0.05, 0) is 30.5 Å². The molecule has 0 fully saturated rings. The van der Waals surface area contributed by atoms with E-state index < -0.39 is 0 Å². The summed E-state index contributed by atoms with van der Waals surface area (Å²) in [5.74, 6) is 2.46. The molecule has 0 atom stereocenters. The fourth-order valence-corrected chi connectivity index (χ4v) is 2.50. The van der Waals surface area contributed by atoms with Crippen molar-refractivity contribution in [3.05, 3.63) is 47.9 Å². The Bertz CT molecular complexity index is 766. The Balaban J connectivity index is 1.69. The van der Waals surface area contributed by atoms with Gasteiger partial charge in [0.15, 0.2) is 0 Å². The van der Waals surface area contributed by atoms with Crippen LogP contribution < -0.4 is 10.1 Å². The molecule has 0 unspecified atom stereocenters. The topological polar surface area (TPSA) is 64.3 Å². The number of hydrogen-bond donors (Lipinski definition) is 1. The first-order chi connectivity index (χ1) is 11.3. The maximum absolute atomic E-state index is 5.18. The first-order valence-electron chi connectivity index (χ1n) is 7.86. The molecule has 3 rings (SSSR count). The predicted molar refractivity (Wildman–Crippen MR) is 90.0 cm³/mol. The second kappa shape index (κ2) is 7.09. The van der Waals surface area contributed by atoms with E-state index in [1.54, 1.807) is 11.6 Å². The average Bonchev–Trinajstić information content (AvgIpc) is 3.04. The van der Waals surface area contributed by atoms with Crippen LogP contribution in [-0.2, 0) is 12.8 Å². The molecule has 6 heteroatoms. The van der Waals surface area contributed by atoms with Crippen LogP contribution in [0.3, 0.4) is 0 Å². The lowest BCUT2D eigenvalue weighted by Crippen LogP contribution is -2.10. The van der Waals surface area contributed by atoms with Crippen molar-refractivity contribution in [1.82, 2.24) is 19.6 Å². The third-order valence-electron chi connectivity index (χ3n) is 3.69. The van der Waals surface area contributed by atoms with Gasteiger partial charge in [-0.1, -0.05) is 25.5 Å². The Labute approximate surface area is 135 Å². The van der Waals surface area contributed by atoms with Crippen molar-refractivity contribution in [2.24, 2.45) is 0 Å². The van der Waals surface area contributed by atoms with E-state index in [2.05, 4.69) is 45.5 Å². The highest BCUT2D eigenvalue weighted by Crippen LogP contribution is 2.14. The minimum absolute atomic E-state index is 0.642. The molecule has 120 valence electrons. The molecule has 0 radical (unpaired) electrons. The van der Waals surface area contributed by atoms with Crippen molar-refractivity contribution in [1.29, 1.82) is 0 Å². The van der Waals surface area contributed by atoms with Crippen molar-refractivity contribution < 1.29 is 4.74 Å². The van der Waals surface area contributed by atoms with E-state index in [0.29, 0.717) is 5.78 Å². The van der Waals surface area contributed by atoms with Crippen LogP contribution in [0.1, 0.15) is 24.6 Å². The first kappa shape index (κ1) is 15.3. The number of hydrogen-bond acceptors (Lipinski definition) is 5. The molecule has 0 bridgehead atoms. The lowest BCUT2D eigenvalue weighted by Gasteiger charge is -2.10. The molecule has 2 heterocycles. The predicted octanol–water partition coefficient (Wildman–Crippen LogP) is 2.74. The molecule has 0 saturated heterocycles. The molecule has 23 heavy (non-hydrogen) atoms. The molecule has 0 aliphatic rings. The SMILES string of the molecule is CCCc1cc(NCCc2ccc(OC)cc2)n2ncnc2n1. The molecule has 2 aromatic heterocycles. The van der Waals surface area contributed by atoms with Crippen LogP contribution in [0.25, 0.3) is 5.78 Å². The van der Waals surface area contributed by atoms with Gasteiger partial charge in [-0.15, -0.1) is 0 Å². The third-order valence-corrected chi connectivity index (χ3v) is 3.69. The van der Waals surface area contributed by atoms with Crippen molar-refractivity contribution >= 4 is 11.6 Å². The van der Waals surface area contributed by atoms with Gasteiger partial charge in [-0.2, -0.15) is 14.6 Å². The summed E-state index contributed by atoms with van der Waals surface area (Å²) in [6, 6.07) is 10.2. The first-order valence-corrected chi connectivity index (χ1v) is 7.86. The van der Waals surface area contributed by atoms with Gasteiger partial charge >= 0.3 is 0 Å². The highest BCUT2D eigenvalue weighted by Gasteiger charge is 2.07. The lowest BCUT2D eigenvalue weighted by atomic mass is 10.1.